The third-order valence-corrected chi connectivity index (χ3v) is 4.22. The minimum Gasteiger partial charge on any atom is -0.488 e. The molecule has 1 aliphatic carbocycles. The van der Waals surface area contributed by atoms with Crippen molar-refractivity contribution in [1.29, 1.82) is 0 Å². The number of hydrogen-bond acceptors (Lipinski definition) is 2. The van der Waals surface area contributed by atoms with E-state index in [1.165, 1.54) is 5.56 Å². The predicted molar refractivity (Wildman–Crippen MR) is 74.0 cm³/mol. The van der Waals surface area contributed by atoms with Crippen molar-refractivity contribution in [2.24, 2.45) is 0 Å². The third kappa shape index (κ3) is 2.86. The Hall–Kier alpha value is -1.02. The summed E-state index contributed by atoms with van der Waals surface area (Å²) in [5, 5.41) is 9.75. The lowest BCUT2D eigenvalue weighted by molar-refractivity contribution is 0.0604. The van der Waals surface area contributed by atoms with E-state index < -0.39 is 0 Å². The van der Waals surface area contributed by atoms with E-state index in [4.69, 9.17) is 4.74 Å². The molecule has 2 unspecified atom stereocenters. The van der Waals surface area contributed by atoms with Crippen LogP contribution in [0.1, 0.15) is 52.0 Å². The smallest absolute Gasteiger partial charge is 0.124 e. The molecule has 100 valence electrons. The summed E-state index contributed by atoms with van der Waals surface area (Å²) < 4.78 is 5.84. The Kier molecular flexibility index (Phi) is 3.96. The number of benzene rings is 1. The Labute approximate surface area is 110 Å². The monoisotopic (exact) mass is 248 g/mol. The quantitative estimate of drug-likeness (QED) is 0.881. The summed E-state index contributed by atoms with van der Waals surface area (Å²) in [7, 11) is 0. The van der Waals surface area contributed by atoms with Gasteiger partial charge >= 0.3 is 0 Å². The highest BCUT2D eigenvalue weighted by molar-refractivity contribution is 5.31. The standard InChI is InChI=1S/C16H24O2/c1-4-16(2,3)12-8-10-13(11-9-12)18-15-7-5-6-14(15)17/h8-11,14-15,17H,4-7H2,1-3H3. The lowest BCUT2D eigenvalue weighted by atomic mass is 9.82. The summed E-state index contributed by atoms with van der Waals surface area (Å²) in [5.41, 5.74) is 1.55. The number of aliphatic hydroxyl groups is 1. The molecule has 0 bridgehead atoms. The molecule has 1 aromatic rings. The highest BCUT2D eigenvalue weighted by Crippen LogP contribution is 2.29. The molecule has 0 amide bonds. The zero-order valence-electron chi connectivity index (χ0n) is 11.6. The van der Waals surface area contributed by atoms with Crippen LogP contribution in [0.3, 0.4) is 0 Å². The molecule has 0 saturated heterocycles. The molecule has 0 aliphatic heterocycles. The average molecular weight is 248 g/mol. The van der Waals surface area contributed by atoms with Gasteiger partial charge in [0.25, 0.3) is 0 Å². The zero-order valence-corrected chi connectivity index (χ0v) is 11.6. The van der Waals surface area contributed by atoms with Gasteiger partial charge in [0.2, 0.25) is 0 Å². The summed E-state index contributed by atoms with van der Waals surface area (Å²) in [6.45, 7) is 6.71. The zero-order chi connectivity index (χ0) is 13.2. The fraction of sp³-hybridized carbons (Fsp3) is 0.625. The molecule has 1 N–H and O–H groups in total. The largest absolute Gasteiger partial charge is 0.488 e. The van der Waals surface area contributed by atoms with Crippen molar-refractivity contribution >= 4 is 0 Å². The molecular formula is C16H24O2. The SMILES string of the molecule is CCC(C)(C)c1ccc(OC2CCCC2O)cc1. The van der Waals surface area contributed by atoms with E-state index in [1.807, 2.05) is 12.1 Å². The van der Waals surface area contributed by atoms with Crippen LogP contribution in [0.4, 0.5) is 0 Å². The van der Waals surface area contributed by atoms with Gasteiger partial charge in [-0.05, 0) is 48.8 Å². The molecule has 1 fully saturated rings. The first kappa shape index (κ1) is 13.4. The van der Waals surface area contributed by atoms with Gasteiger partial charge in [0.15, 0.2) is 0 Å². The minimum atomic E-state index is -0.295. The van der Waals surface area contributed by atoms with Crippen molar-refractivity contribution in [2.75, 3.05) is 0 Å². The Morgan fingerprint density at radius 1 is 1.22 bits per heavy atom. The summed E-state index contributed by atoms with van der Waals surface area (Å²) in [6, 6.07) is 8.33. The Balaban J connectivity index is 2.04. The van der Waals surface area contributed by atoms with Crippen molar-refractivity contribution in [3.8, 4) is 5.75 Å². The Morgan fingerprint density at radius 3 is 2.39 bits per heavy atom. The molecule has 0 aromatic heterocycles. The minimum absolute atomic E-state index is 0.0185. The van der Waals surface area contributed by atoms with Crippen LogP contribution in [0.2, 0.25) is 0 Å². The first-order valence-electron chi connectivity index (χ1n) is 6.98. The number of ether oxygens (including phenoxy) is 1. The van der Waals surface area contributed by atoms with E-state index in [2.05, 4.69) is 32.9 Å². The molecule has 1 aromatic carbocycles. The molecule has 2 heteroatoms. The molecule has 2 rings (SSSR count). The molecule has 18 heavy (non-hydrogen) atoms. The van der Waals surface area contributed by atoms with Crippen molar-refractivity contribution in [3.05, 3.63) is 29.8 Å². The maximum atomic E-state index is 9.75. The predicted octanol–water partition coefficient (Wildman–Crippen LogP) is 3.67. The van der Waals surface area contributed by atoms with E-state index >= 15 is 0 Å². The summed E-state index contributed by atoms with van der Waals surface area (Å²) >= 11 is 0. The average Bonchev–Trinajstić information content (AvgIpc) is 2.76. The summed E-state index contributed by atoms with van der Waals surface area (Å²) in [6.07, 6.45) is 3.70. The van der Waals surface area contributed by atoms with Crippen LogP contribution >= 0.6 is 0 Å². The number of hydrogen-bond donors (Lipinski definition) is 1. The van der Waals surface area contributed by atoms with Gasteiger partial charge in [-0.25, -0.2) is 0 Å². The van der Waals surface area contributed by atoms with Gasteiger partial charge in [0.1, 0.15) is 11.9 Å². The van der Waals surface area contributed by atoms with Gasteiger partial charge in [-0.2, -0.15) is 0 Å². The molecule has 2 nitrogen and oxygen atoms in total. The van der Waals surface area contributed by atoms with Crippen LogP contribution < -0.4 is 4.74 Å². The van der Waals surface area contributed by atoms with Crippen LogP contribution in [-0.2, 0) is 5.41 Å². The lowest BCUT2D eigenvalue weighted by Crippen LogP contribution is -2.25. The van der Waals surface area contributed by atoms with Crippen molar-refractivity contribution in [1.82, 2.24) is 0 Å². The molecular weight excluding hydrogens is 224 g/mol. The maximum absolute atomic E-state index is 9.75. The van der Waals surface area contributed by atoms with Crippen molar-refractivity contribution < 1.29 is 9.84 Å². The van der Waals surface area contributed by atoms with Crippen LogP contribution in [0.5, 0.6) is 5.75 Å². The van der Waals surface area contributed by atoms with Crippen LogP contribution in [0.15, 0.2) is 24.3 Å². The first-order chi connectivity index (χ1) is 8.53. The molecule has 0 heterocycles. The number of rotatable bonds is 4. The Bertz CT molecular complexity index is 381. The van der Waals surface area contributed by atoms with Crippen molar-refractivity contribution in [2.45, 2.75) is 64.1 Å². The third-order valence-electron chi connectivity index (χ3n) is 4.22. The summed E-state index contributed by atoms with van der Waals surface area (Å²) in [5.74, 6) is 0.872. The van der Waals surface area contributed by atoms with E-state index in [1.54, 1.807) is 0 Å². The van der Waals surface area contributed by atoms with Crippen LogP contribution in [0.25, 0.3) is 0 Å². The molecule has 1 aliphatic rings. The van der Waals surface area contributed by atoms with Crippen LogP contribution in [-0.4, -0.2) is 17.3 Å². The van der Waals surface area contributed by atoms with Gasteiger partial charge in [-0.15, -0.1) is 0 Å². The fourth-order valence-corrected chi connectivity index (χ4v) is 2.41. The van der Waals surface area contributed by atoms with Gasteiger partial charge in [0, 0.05) is 0 Å². The van der Waals surface area contributed by atoms with E-state index in [0.29, 0.717) is 0 Å². The molecule has 2 atom stereocenters. The molecule has 0 spiro atoms. The van der Waals surface area contributed by atoms with E-state index in [-0.39, 0.29) is 17.6 Å². The van der Waals surface area contributed by atoms with Crippen molar-refractivity contribution in [3.63, 3.8) is 0 Å². The molecule has 0 radical (unpaired) electrons. The Morgan fingerprint density at radius 2 is 1.89 bits per heavy atom. The van der Waals surface area contributed by atoms with Gasteiger partial charge in [-0.1, -0.05) is 32.9 Å². The highest BCUT2D eigenvalue weighted by atomic mass is 16.5. The van der Waals surface area contributed by atoms with Gasteiger partial charge < -0.3 is 9.84 Å². The second kappa shape index (κ2) is 5.31. The van der Waals surface area contributed by atoms with E-state index in [9.17, 15) is 5.11 Å². The fourth-order valence-electron chi connectivity index (χ4n) is 2.41. The topological polar surface area (TPSA) is 29.5 Å². The number of aliphatic hydroxyl groups excluding tert-OH is 1. The first-order valence-corrected chi connectivity index (χ1v) is 6.98. The van der Waals surface area contributed by atoms with E-state index in [0.717, 1.165) is 31.4 Å². The lowest BCUT2D eigenvalue weighted by Gasteiger charge is -2.24. The second-order valence-electron chi connectivity index (χ2n) is 5.92. The van der Waals surface area contributed by atoms with Crippen LogP contribution in [0, 0.1) is 0 Å². The second-order valence-corrected chi connectivity index (χ2v) is 5.92. The van der Waals surface area contributed by atoms with Gasteiger partial charge in [-0.3, -0.25) is 0 Å². The summed E-state index contributed by atoms with van der Waals surface area (Å²) in [4.78, 5) is 0. The maximum Gasteiger partial charge on any atom is 0.124 e. The molecule has 1 saturated carbocycles. The normalized spacial score (nSPS) is 24.2. The van der Waals surface area contributed by atoms with Gasteiger partial charge in [0.05, 0.1) is 6.10 Å². The highest BCUT2D eigenvalue weighted by Gasteiger charge is 2.27.